The van der Waals surface area contributed by atoms with Gasteiger partial charge in [-0.15, -0.1) is 22.7 Å². The number of carbonyl (C=O) groups excluding carboxylic acids is 1. The summed E-state index contributed by atoms with van der Waals surface area (Å²) in [6.45, 7) is 4.20. The Hall–Kier alpha value is -3.49. The van der Waals surface area contributed by atoms with Crippen molar-refractivity contribution in [3.63, 3.8) is 0 Å². The first-order valence-electron chi connectivity index (χ1n) is 10.0. The van der Waals surface area contributed by atoms with Gasteiger partial charge in [-0.1, -0.05) is 18.2 Å². The highest BCUT2D eigenvalue weighted by molar-refractivity contribution is 7.11. The first kappa shape index (κ1) is 20.4. The summed E-state index contributed by atoms with van der Waals surface area (Å²) in [5.74, 6) is 0.506. The minimum absolute atomic E-state index is 0.0365. The smallest absolute Gasteiger partial charge is 0.262 e. The number of nitrogens with one attached hydrogen (secondary N) is 1. The Kier molecular flexibility index (Phi) is 5.46. The zero-order chi connectivity index (χ0) is 22.1. The summed E-state index contributed by atoms with van der Waals surface area (Å²) in [5.41, 5.74) is 5.72. The first-order chi connectivity index (χ1) is 15.6. The van der Waals surface area contributed by atoms with E-state index in [9.17, 15) is 4.79 Å². The second kappa shape index (κ2) is 8.57. The van der Waals surface area contributed by atoms with Crippen LogP contribution in [0.1, 0.15) is 16.0 Å². The normalized spacial score (nSPS) is 13.8. The molecule has 0 saturated carbocycles. The predicted molar refractivity (Wildman–Crippen MR) is 130 cm³/mol. The number of amides is 1. The van der Waals surface area contributed by atoms with Crippen LogP contribution in [0.4, 0.5) is 11.4 Å². The van der Waals surface area contributed by atoms with Gasteiger partial charge in [-0.2, -0.15) is 5.10 Å². The lowest BCUT2D eigenvalue weighted by Gasteiger charge is -2.18. The topological polar surface area (TPSA) is 68.0 Å². The molecular formula is C24H20N4O2S2. The lowest BCUT2D eigenvalue weighted by Crippen LogP contribution is -2.25. The summed E-state index contributed by atoms with van der Waals surface area (Å²) in [6, 6.07) is 15.9. The molecule has 2 aromatic heterocycles. The van der Waals surface area contributed by atoms with Crippen molar-refractivity contribution < 1.29 is 9.53 Å². The van der Waals surface area contributed by atoms with Crippen LogP contribution in [0, 0.1) is 13.8 Å². The van der Waals surface area contributed by atoms with E-state index >= 15 is 0 Å². The van der Waals surface area contributed by atoms with E-state index in [0.29, 0.717) is 11.4 Å². The van der Waals surface area contributed by atoms with Gasteiger partial charge in [-0.3, -0.25) is 4.79 Å². The van der Waals surface area contributed by atoms with Gasteiger partial charge in [-0.25, -0.2) is 9.67 Å². The van der Waals surface area contributed by atoms with Gasteiger partial charge in [0.2, 0.25) is 4.80 Å². The van der Waals surface area contributed by atoms with E-state index in [1.807, 2.05) is 64.1 Å². The number of anilines is 1. The molecule has 3 heterocycles. The second-order valence-corrected chi connectivity index (χ2v) is 9.17. The van der Waals surface area contributed by atoms with E-state index in [2.05, 4.69) is 25.2 Å². The molecule has 32 heavy (non-hydrogen) atoms. The monoisotopic (exact) mass is 460 g/mol. The molecule has 0 bridgehead atoms. The van der Waals surface area contributed by atoms with Gasteiger partial charge >= 0.3 is 0 Å². The first-order valence-corrected chi connectivity index (χ1v) is 11.8. The van der Waals surface area contributed by atoms with Crippen molar-refractivity contribution in [2.24, 2.45) is 10.1 Å². The minimum atomic E-state index is -0.158. The SMILES string of the molecule is Cc1cccc(N=c2scc(-c3ccc4c(c3)NC(=O)CO4)n2N=Cc2cccs2)c1C. The van der Waals surface area contributed by atoms with Crippen LogP contribution in [0.2, 0.25) is 0 Å². The molecule has 1 amide bonds. The standard InChI is InChI=1S/C24H20N4O2S2/c1-15-5-3-7-19(16(15)2)27-24-28(25-12-18-6-4-10-31-18)21(14-32-24)17-8-9-22-20(11-17)26-23(29)13-30-22/h3-12,14H,13H2,1-2H3,(H,26,29). The Morgan fingerprint density at radius 2 is 2.03 bits per heavy atom. The van der Waals surface area contributed by atoms with Gasteiger partial charge in [0, 0.05) is 15.8 Å². The number of hydrogen-bond donors (Lipinski definition) is 1. The van der Waals surface area contributed by atoms with E-state index < -0.39 is 0 Å². The highest BCUT2D eigenvalue weighted by Crippen LogP contribution is 2.33. The van der Waals surface area contributed by atoms with Crippen molar-refractivity contribution in [3.05, 3.63) is 80.1 Å². The van der Waals surface area contributed by atoms with Crippen LogP contribution in [-0.2, 0) is 4.79 Å². The highest BCUT2D eigenvalue weighted by atomic mass is 32.1. The van der Waals surface area contributed by atoms with Crippen LogP contribution >= 0.6 is 22.7 Å². The summed E-state index contributed by atoms with van der Waals surface area (Å²) in [7, 11) is 0. The predicted octanol–water partition coefficient (Wildman–Crippen LogP) is 5.34. The molecule has 0 atom stereocenters. The van der Waals surface area contributed by atoms with Crippen LogP contribution in [-0.4, -0.2) is 23.4 Å². The number of benzene rings is 2. The lowest BCUT2D eigenvalue weighted by atomic mass is 10.1. The van der Waals surface area contributed by atoms with E-state index in [1.54, 1.807) is 11.3 Å². The van der Waals surface area contributed by atoms with Crippen LogP contribution in [0.3, 0.4) is 0 Å². The van der Waals surface area contributed by atoms with Crippen molar-refractivity contribution in [2.45, 2.75) is 13.8 Å². The Bertz CT molecular complexity index is 1400. The van der Waals surface area contributed by atoms with Crippen LogP contribution < -0.4 is 14.9 Å². The van der Waals surface area contributed by atoms with Gasteiger partial charge < -0.3 is 10.1 Å². The zero-order valence-electron chi connectivity index (χ0n) is 17.5. The summed E-state index contributed by atoms with van der Waals surface area (Å²) in [5, 5.41) is 11.7. The Morgan fingerprint density at radius 1 is 1.12 bits per heavy atom. The molecule has 1 aliphatic rings. The summed E-state index contributed by atoms with van der Waals surface area (Å²) in [6.07, 6.45) is 1.84. The molecule has 0 unspecified atom stereocenters. The van der Waals surface area contributed by atoms with Crippen molar-refractivity contribution in [3.8, 4) is 17.0 Å². The molecule has 1 aliphatic heterocycles. The van der Waals surface area contributed by atoms with Gasteiger partial charge in [0.05, 0.1) is 23.3 Å². The number of aromatic nitrogens is 1. The average Bonchev–Trinajstić information content (AvgIpc) is 3.45. The number of fused-ring (bicyclic) bond motifs is 1. The third-order valence-electron chi connectivity index (χ3n) is 5.23. The number of nitrogens with zero attached hydrogens (tertiary/aromatic N) is 3. The molecule has 0 radical (unpaired) electrons. The fraction of sp³-hybridized carbons (Fsp3) is 0.125. The van der Waals surface area contributed by atoms with E-state index in [4.69, 9.17) is 14.8 Å². The number of thiazole rings is 1. The number of thiophene rings is 1. The van der Waals surface area contributed by atoms with Crippen molar-refractivity contribution in [1.82, 2.24) is 4.68 Å². The number of aryl methyl sites for hydroxylation is 1. The molecule has 0 aliphatic carbocycles. The molecule has 1 N–H and O–H groups in total. The maximum absolute atomic E-state index is 11.8. The number of carbonyl (C=O) groups is 1. The zero-order valence-corrected chi connectivity index (χ0v) is 19.2. The molecule has 0 fully saturated rings. The fourth-order valence-corrected chi connectivity index (χ4v) is 4.80. The highest BCUT2D eigenvalue weighted by Gasteiger charge is 2.18. The molecule has 0 saturated heterocycles. The van der Waals surface area contributed by atoms with Gasteiger partial charge in [0.25, 0.3) is 5.91 Å². The van der Waals surface area contributed by atoms with Crippen molar-refractivity contribution >= 4 is 46.2 Å². The van der Waals surface area contributed by atoms with Crippen molar-refractivity contribution in [2.75, 3.05) is 11.9 Å². The van der Waals surface area contributed by atoms with Crippen LogP contribution in [0.15, 0.2) is 69.4 Å². The Balaban J connectivity index is 1.65. The van der Waals surface area contributed by atoms with Gasteiger partial charge in [0.15, 0.2) is 6.61 Å². The van der Waals surface area contributed by atoms with Crippen LogP contribution in [0.25, 0.3) is 11.3 Å². The Labute approximate surface area is 193 Å². The minimum Gasteiger partial charge on any atom is -0.482 e. The van der Waals surface area contributed by atoms with Gasteiger partial charge in [0.1, 0.15) is 5.75 Å². The third-order valence-corrected chi connectivity index (χ3v) is 6.85. The van der Waals surface area contributed by atoms with Gasteiger partial charge in [-0.05, 0) is 60.7 Å². The largest absolute Gasteiger partial charge is 0.482 e. The molecule has 160 valence electrons. The van der Waals surface area contributed by atoms with E-state index in [1.165, 1.54) is 16.9 Å². The number of rotatable bonds is 4. The molecule has 2 aromatic carbocycles. The molecule has 4 aromatic rings. The summed E-state index contributed by atoms with van der Waals surface area (Å²) >= 11 is 3.15. The fourth-order valence-electron chi connectivity index (χ4n) is 3.37. The summed E-state index contributed by atoms with van der Waals surface area (Å²) in [4.78, 5) is 18.5. The maximum atomic E-state index is 11.8. The average molecular weight is 461 g/mol. The van der Waals surface area contributed by atoms with Crippen LogP contribution in [0.5, 0.6) is 5.75 Å². The molecule has 0 spiro atoms. The lowest BCUT2D eigenvalue weighted by molar-refractivity contribution is -0.118. The molecule has 6 nitrogen and oxygen atoms in total. The number of ether oxygens (including phenoxy) is 1. The van der Waals surface area contributed by atoms with E-state index in [0.717, 1.165) is 32.2 Å². The summed E-state index contributed by atoms with van der Waals surface area (Å²) < 4.78 is 7.35. The Morgan fingerprint density at radius 3 is 2.88 bits per heavy atom. The maximum Gasteiger partial charge on any atom is 0.262 e. The third kappa shape index (κ3) is 4.02. The van der Waals surface area contributed by atoms with Crippen molar-refractivity contribution in [1.29, 1.82) is 0 Å². The molecule has 8 heteroatoms. The molecule has 5 rings (SSSR count). The van der Waals surface area contributed by atoms with E-state index in [-0.39, 0.29) is 12.5 Å². The molecular weight excluding hydrogens is 440 g/mol. The quantitative estimate of drug-likeness (QED) is 0.418. The number of hydrogen-bond acceptors (Lipinski definition) is 6. The second-order valence-electron chi connectivity index (χ2n) is 7.35.